The third-order valence-electron chi connectivity index (χ3n) is 6.33. The van der Waals surface area contributed by atoms with Crippen LogP contribution in [-0.2, 0) is 5.41 Å². The fraction of sp³-hybridized carbons (Fsp3) is 0.333. The Labute approximate surface area is 214 Å². The van der Waals surface area contributed by atoms with Crippen molar-refractivity contribution in [3.8, 4) is 5.75 Å². The van der Waals surface area contributed by atoms with Gasteiger partial charge in [-0.3, -0.25) is 4.79 Å². The molecule has 1 atom stereocenters. The molecule has 35 heavy (non-hydrogen) atoms. The van der Waals surface area contributed by atoms with Crippen molar-refractivity contribution in [1.29, 1.82) is 0 Å². The van der Waals surface area contributed by atoms with Crippen molar-refractivity contribution in [3.63, 3.8) is 0 Å². The minimum Gasteiger partial charge on any atom is -0.487 e. The molecule has 3 aromatic rings. The molecule has 0 amide bonds. The first-order valence-electron chi connectivity index (χ1n) is 12.0. The van der Waals surface area contributed by atoms with Gasteiger partial charge in [-0.15, -0.1) is 0 Å². The fourth-order valence-electron chi connectivity index (χ4n) is 4.44. The van der Waals surface area contributed by atoms with Gasteiger partial charge in [0, 0.05) is 28.8 Å². The first kappa shape index (κ1) is 24.9. The van der Waals surface area contributed by atoms with E-state index < -0.39 is 0 Å². The second-order valence-corrected chi connectivity index (χ2v) is 11.4. The maximum Gasteiger partial charge on any atom is 0.193 e. The minimum absolute atomic E-state index is 0.0107. The molecule has 1 heterocycles. The Balaban J connectivity index is 1.47. The normalized spacial score (nSPS) is 16.6. The average molecular weight is 487 g/mol. The van der Waals surface area contributed by atoms with Crippen molar-refractivity contribution in [2.24, 2.45) is 0 Å². The highest BCUT2D eigenvalue weighted by Crippen LogP contribution is 2.40. The van der Waals surface area contributed by atoms with Crippen LogP contribution in [-0.4, -0.2) is 16.5 Å². The van der Waals surface area contributed by atoms with Gasteiger partial charge in [-0.1, -0.05) is 69.3 Å². The Morgan fingerprint density at radius 1 is 1.00 bits per heavy atom. The standard InChI is InChI=1S/C30H34N2O2S/c1-19-10-15-24-25(18-30(5,6)34-26(24)16-19)32-28(35)31-23-9-7-8-21(17-23)27(33)20-11-13-22(14-12-20)29(2,3)4/h7-17,25H,18H2,1-6H3,(H2,31,32,35)/t25-/m1/s1. The second-order valence-electron chi connectivity index (χ2n) is 11.0. The number of ether oxygens (including phenoxy) is 1. The number of carbonyl (C=O) groups excluding carboxylic acids is 1. The quantitative estimate of drug-likeness (QED) is 0.304. The van der Waals surface area contributed by atoms with Gasteiger partial charge < -0.3 is 15.4 Å². The van der Waals surface area contributed by atoms with Crippen LogP contribution < -0.4 is 15.4 Å². The van der Waals surface area contributed by atoms with E-state index >= 15 is 0 Å². The lowest BCUT2D eigenvalue weighted by atomic mass is 9.86. The summed E-state index contributed by atoms with van der Waals surface area (Å²) in [6, 6.07) is 21.6. The lowest BCUT2D eigenvalue weighted by molar-refractivity contribution is 0.0696. The molecule has 2 N–H and O–H groups in total. The first-order valence-corrected chi connectivity index (χ1v) is 12.4. The number of rotatable bonds is 4. The molecule has 0 bridgehead atoms. The summed E-state index contributed by atoms with van der Waals surface area (Å²) in [5, 5.41) is 7.23. The first-order chi connectivity index (χ1) is 16.4. The van der Waals surface area contributed by atoms with Crippen molar-refractivity contribution in [2.45, 2.75) is 65.0 Å². The van der Waals surface area contributed by atoms with Crippen molar-refractivity contribution < 1.29 is 9.53 Å². The predicted molar refractivity (Wildman–Crippen MR) is 148 cm³/mol. The van der Waals surface area contributed by atoms with Crippen LogP contribution in [0.4, 0.5) is 5.69 Å². The van der Waals surface area contributed by atoms with E-state index in [1.165, 1.54) is 5.56 Å². The number of hydrogen-bond acceptors (Lipinski definition) is 3. The Kier molecular flexibility index (Phi) is 6.74. The number of fused-ring (bicyclic) bond motifs is 1. The zero-order valence-electron chi connectivity index (χ0n) is 21.4. The van der Waals surface area contributed by atoms with Crippen LogP contribution in [0.1, 0.15) is 79.7 Å². The molecule has 0 aliphatic carbocycles. The van der Waals surface area contributed by atoms with Crippen LogP contribution in [0.5, 0.6) is 5.75 Å². The maximum absolute atomic E-state index is 13.1. The van der Waals surface area contributed by atoms with Gasteiger partial charge in [0.05, 0.1) is 6.04 Å². The number of aryl methyl sites for hydroxylation is 1. The van der Waals surface area contributed by atoms with Gasteiger partial charge in [0.15, 0.2) is 10.9 Å². The second kappa shape index (κ2) is 9.46. The van der Waals surface area contributed by atoms with Gasteiger partial charge in [0.25, 0.3) is 0 Å². The maximum atomic E-state index is 13.1. The number of carbonyl (C=O) groups is 1. The molecule has 0 radical (unpaired) electrons. The molecule has 4 nitrogen and oxygen atoms in total. The lowest BCUT2D eigenvalue weighted by Gasteiger charge is -2.38. The Bertz CT molecular complexity index is 1260. The Hall–Kier alpha value is -3.18. The van der Waals surface area contributed by atoms with E-state index in [9.17, 15) is 4.79 Å². The largest absolute Gasteiger partial charge is 0.487 e. The molecule has 1 aliphatic heterocycles. The minimum atomic E-state index is -0.303. The van der Waals surface area contributed by atoms with Gasteiger partial charge in [0.1, 0.15) is 11.4 Å². The zero-order valence-corrected chi connectivity index (χ0v) is 22.2. The highest BCUT2D eigenvalue weighted by molar-refractivity contribution is 7.80. The summed E-state index contributed by atoms with van der Waals surface area (Å²) in [5.74, 6) is 0.884. The SMILES string of the molecule is Cc1ccc2c(c1)OC(C)(C)C[C@H]2NC(=S)Nc1cccc(C(=O)c2ccc(C(C)(C)C)cc2)c1. The number of hydrogen-bond donors (Lipinski definition) is 2. The van der Waals surface area contributed by atoms with Gasteiger partial charge in [0.2, 0.25) is 0 Å². The van der Waals surface area contributed by atoms with Crippen molar-refractivity contribution in [3.05, 3.63) is 94.5 Å². The predicted octanol–water partition coefficient (Wildman–Crippen LogP) is 7.11. The Morgan fingerprint density at radius 2 is 1.71 bits per heavy atom. The summed E-state index contributed by atoms with van der Waals surface area (Å²) < 4.78 is 6.20. The van der Waals surface area contributed by atoms with Crippen molar-refractivity contribution in [1.82, 2.24) is 5.32 Å². The van der Waals surface area contributed by atoms with Gasteiger partial charge in [-0.25, -0.2) is 0 Å². The summed E-state index contributed by atoms with van der Waals surface area (Å²) in [6.07, 6.45) is 0.786. The van der Waals surface area contributed by atoms with Crippen LogP contribution in [0, 0.1) is 6.92 Å². The van der Waals surface area contributed by atoms with Crippen LogP contribution >= 0.6 is 12.2 Å². The van der Waals surface area contributed by atoms with Crippen LogP contribution in [0.2, 0.25) is 0 Å². The monoisotopic (exact) mass is 486 g/mol. The van der Waals surface area contributed by atoms with Crippen LogP contribution in [0.15, 0.2) is 66.7 Å². The lowest BCUT2D eigenvalue weighted by Crippen LogP contribution is -2.42. The molecular weight excluding hydrogens is 452 g/mol. The van der Waals surface area contributed by atoms with E-state index in [1.807, 2.05) is 48.5 Å². The van der Waals surface area contributed by atoms with Gasteiger partial charge in [-0.2, -0.15) is 0 Å². The summed E-state index contributed by atoms with van der Waals surface area (Å²) in [7, 11) is 0. The summed E-state index contributed by atoms with van der Waals surface area (Å²) >= 11 is 5.65. The topological polar surface area (TPSA) is 50.4 Å². The smallest absolute Gasteiger partial charge is 0.193 e. The number of ketones is 1. The van der Waals surface area contributed by atoms with E-state index in [1.54, 1.807) is 0 Å². The average Bonchev–Trinajstić information content (AvgIpc) is 2.77. The highest BCUT2D eigenvalue weighted by atomic mass is 32.1. The molecule has 0 aromatic heterocycles. The molecule has 0 fully saturated rings. The van der Waals surface area contributed by atoms with E-state index in [4.69, 9.17) is 17.0 Å². The van der Waals surface area contributed by atoms with E-state index in [0.717, 1.165) is 29.0 Å². The number of thiocarbonyl (C=S) groups is 1. The Morgan fingerprint density at radius 3 is 2.40 bits per heavy atom. The summed E-state index contributed by atoms with van der Waals surface area (Å²) in [5.41, 5.74) is 5.28. The fourth-order valence-corrected chi connectivity index (χ4v) is 4.70. The van der Waals surface area contributed by atoms with E-state index in [0.29, 0.717) is 16.2 Å². The molecule has 0 saturated heterocycles. The molecule has 182 valence electrons. The highest BCUT2D eigenvalue weighted by Gasteiger charge is 2.34. The van der Waals surface area contributed by atoms with E-state index in [2.05, 4.69) is 70.4 Å². The van der Waals surface area contributed by atoms with Crippen molar-refractivity contribution in [2.75, 3.05) is 5.32 Å². The molecule has 0 spiro atoms. The molecule has 0 saturated carbocycles. The molecule has 3 aromatic carbocycles. The van der Waals surface area contributed by atoms with Crippen LogP contribution in [0.3, 0.4) is 0 Å². The molecule has 4 rings (SSSR count). The molecule has 0 unspecified atom stereocenters. The van der Waals surface area contributed by atoms with E-state index in [-0.39, 0.29) is 22.8 Å². The number of anilines is 1. The number of nitrogens with one attached hydrogen (secondary N) is 2. The molecule has 1 aliphatic rings. The zero-order chi connectivity index (χ0) is 25.4. The summed E-state index contributed by atoms with van der Waals surface area (Å²) in [6.45, 7) is 12.7. The summed E-state index contributed by atoms with van der Waals surface area (Å²) in [4.78, 5) is 13.1. The number of benzene rings is 3. The third-order valence-corrected chi connectivity index (χ3v) is 6.55. The third kappa shape index (κ3) is 5.91. The van der Waals surface area contributed by atoms with Gasteiger partial charge >= 0.3 is 0 Å². The molecular formula is C30H34N2O2S. The van der Waals surface area contributed by atoms with Crippen molar-refractivity contribution >= 4 is 28.8 Å². The molecule has 5 heteroatoms. The van der Waals surface area contributed by atoms with Gasteiger partial charge in [-0.05, 0) is 67.7 Å². The van der Waals surface area contributed by atoms with Crippen LogP contribution in [0.25, 0.3) is 0 Å².